The van der Waals surface area contributed by atoms with Crippen molar-refractivity contribution >= 4 is 39.7 Å². The Bertz CT molecular complexity index is 121. The van der Waals surface area contributed by atoms with E-state index in [0.29, 0.717) is 0 Å². The summed E-state index contributed by atoms with van der Waals surface area (Å²) in [7, 11) is 0. The van der Waals surface area contributed by atoms with Gasteiger partial charge in [0.15, 0.2) is 5.12 Å². The Morgan fingerprint density at radius 3 is 2.64 bits per heavy atom. The van der Waals surface area contributed by atoms with Gasteiger partial charge in [-0.25, -0.2) is 3.11 Å². The highest BCUT2D eigenvalue weighted by molar-refractivity contribution is 14.1. The van der Waals surface area contributed by atoms with Crippen molar-refractivity contribution < 1.29 is 4.79 Å². The van der Waals surface area contributed by atoms with E-state index in [9.17, 15) is 4.79 Å². The van der Waals surface area contributed by atoms with Gasteiger partial charge in [-0.2, -0.15) is 0 Å². The van der Waals surface area contributed by atoms with Gasteiger partial charge in [0.2, 0.25) is 0 Å². The highest BCUT2D eigenvalue weighted by Gasteiger charge is 1.99. The van der Waals surface area contributed by atoms with Crippen LogP contribution in [-0.2, 0) is 4.79 Å². The summed E-state index contributed by atoms with van der Waals surface area (Å²) < 4.78 is 2.22. The zero-order chi connectivity index (χ0) is 8.69. The Kier molecular flexibility index (Phi) is 7.84. The monoisotopic (exact) mass is 287 g/mol. The fourth-order valence-electron chi connectivity index (χ4n) is 0.643. The standard InChI is InChI=1S/C7H14INOS/c1-3-4-9(8)5-6-11-7(2)10/h3-6H2,1-2H3. The molecule has 0 atom stereocenters. The molecule has 2 nitrogen and oxygen atoms in total. The molecule has 0 unspecified atom stereocenters. The van der Waals surface area contributed by atoms with E-state index in [-0.39, 0.29) is 5.12 Å². The molecule has 0 rings (SSSR count). The minimum absolute atomic E-state index is 0.214. The van der Waals surface area contributed by atoms with Gasteiger partial charge in [0, 0.05) is 48.6 Å². The van der Waals surface area contributed by atoms with Gasteiger partial charge in [0.25, 0.3) is 0 Å². The lowest BCUT2D eigenvalue weighted by Gasteiger charge is -2.10. The topological polar surface area (TPSA) is 20.3 Å². The van der Waals surface area contributed by atoms with Gasteiger partial charge in [-0.3, -0.25) is 4.79 Å². The number of carbonyl (C=O) groups excluding carboxylic acids is 1. The predicted molar refractivity (Wildman–Crippen MR) is 59.0 cm³/mol. The smallest absolute Gasteiger partial charge is 0.185 e. The molecule has 66 valence electrons. The summed E-state index contributed by atoms with van der Waals surface area (Å²) >= 11 is 3.70. The Morgan fingerprint density at radius 1 is 1.55 bits per heavy atom. The molecule has 0 heterocycles. The third-order valence-corrected chi connectivity index (χ3v) is 2.86. The number of carbonyl (C=O) groups is 1. The molecule has 0 saturated heterocycles. The van der Waals surface area contributed by atoms with Crippen molar-refractivity contribution in [2.24, 2.45) is 0 Å². The minimum atomic E-state index is 0.214. The Labute approximate surface area is 86.6 Å². The van der Waals surface area contributed by atoms with Crippen LogP contribution in [0.25, 0.3) is 0 Å². The van der Waals surface area contributed by atoms with Crippen LogP contribution < -0.4 is 0 Å². The maximum atomic E-state index is 10.5. The fraction of sp³-hybridized carbons (Fsp3) is 0.857. The van der Waals surface area contributed by atoms with Gasteiger partial charge >= 0.3 is 0 Å². The molecule has 0 bridgehead atoms. The first-order valence-corrected chi connectivity index (χ1v) is 5.66. The van der Waals surface area contributed by atoms with Gasteiger partial charge in [-0.1, -0.05) is 18.7 Å². The van der Waals surface area contributed by atoms with Crippen LogP contribution in [0.2, 0.25) is 0 Å². The molecule has 11 heavy (non-hydrogen) atoms. The lowest BCUT2D eigenvalue weighted by atomic mass is 10.5. The normalized spacial score (nSPS) is 10.5. The van der Waals surface area contributed by atoms with Crippen LogP contribution in [-0.4, -0.2) is 27.1 Å². The van der Waals surface area contributed by atoms with E-state index in [1.165, 1.54) is 18.2 Å². The van der Waals surface area contributed by atoms with E-state index in [2.05, 4.69) is 32.9 Å². The third kappa shape index (κ3) is 8.62. The van der Waals surface area contributed by atoms with Gasteiger partial charge < -0.3 is 0 Å². The maximum Gasteiger partial charge on any atom is 0.185 e. The number of hydrogen-bond acceptors (Lipinski definition) is 3. The molecule has 0 aromatic carbocycles. The number of nitrogens with zero attached hydrogens (tertiary/aromatic N) is 1. The van der Waals surface area contributed by atoms with Gasteiger partial charge in [0.1, 0.15) is 0 Å². The highest BCUT2D eigenvalue weighted by atomic mass is 127. The molecule has 0 aliphatic rings. The maximum absolute atomic E-state index is 10.5. The molecular formula is C7H14INOS. The SMILES string of the molecule is CCCN(I)CCSC(C)=O. The van der Waals surface area contributed by atoms with Crippen LogP contribution in [0.4, 0.5) is 0 Å². The molecular weight excluding hydrogens is 273 g/mol. The molecule has 0 aromatic rings. The van der Waals surface area contributed by atoms with E-state index in [4.69, 9.17) is 0 Å². The summed E-state index contributed by atoms with van der Waals surface area (Å²) in [6.45, 7) is 5.88. The quantitative estimate of drug-likeness (QED) is 0.572. The summed E-state index contributed by atoms with van der Waals surface area (Å²) in [5.41, 5.74) is 0. The fourth-order valence-corrected chi connectivity index (χ4v) is 2.29. The summed E-state index contributed by atoms with van der Waals surface area (Å²) in [5, 5.41) is 0.214. The molecule has 0 N–H and O–H groups in total. The average molecular weight is 287 g/mol. The summed E-state index contributed by atoms with van der Waals surface area (Å²) in [6.07, 6.45) is 1.17. The lowest BCUT2D eigenvalue weighted by Crippen LogP contribution is -2.15. The first-order valence-electron chi connectivity index (χ1n) is 3.71. The molecule has 0 radical (unpaired) electrons. The van der Waals surface area contributed by atoms with E-state index in [1.807, 2.05) is 0 Å². The zero-order valence-electron chi connectivity index (χ0n) is 6.97. The predicted octanol–water partition coefficient (Wildman–Crippen LogP) is 2.33. The second kappa shape index (κ2) is 7.36. The molecule has 0 amide bonds. The average Bonchev–Trinajstić information content (AvgIpc) is 1.87. The molecule has 0 saturated carbocycles. The van der Waals surface area contributed by atoms with Gasteiger partial charge in [0.05, 0.1) is 0 Å². The van der Waals surface area contributed by atoms with Crippen molar-refractivity contribution in [2.45, 2.75) is 20.3 Å². The number of hydrogen-bond donors (Lipinski definition) is 0. The first-order chi connectivity index (χ1) is 5.16. The van der Waals surface area contributed by atoms with Crippen LogP contribution in [0.1, 0.15) is 20.3 Å². The number of halogens is 1. The van der Waals surface area contributed by atoms with E-state index >= 15 is 0 Å². The summed E-state index contributed by atoms with van der Waals surface area (Å²) in [5.74, 6) is 0.915. The van der Waals surface area contributed by atoms with Crippen molar-refractivity contribution in [3.8, 4) is 0 Å². The summed E-state index contributed by atoms with van der Waals surface area (Å²) in [6, 6.07) is 0. The molecule has 4 heteroatoms. The summed E-state index contributed by atoms with van der Waals surface area (Å²) in [4.78, 5) is 10.5. The second-order valence-corrected chi connectivity index (χ2v) is 4.89. The molecule has 0 aromatic heterocycles. The van der Waals surface area contributed by atoms with Crippen LogP contribution in [0.5, 0.6) is 0 Å². The first kappa shape index (κ1) is 11.7. The molecule has 0 fully saturated rings. The highest BCUT2D eigenvalue weighted by Crippen LogP contribution is 2.05. The molecule has 0 aliphatic heterocycles. The van der Waals surface area contributed by atoms with Crippen LogP contribution >= 0.6 is 34.6 Å². The lowest BCUT2D eigenvalue weighted by molar-refractivity contribution is -0.109. The molecule has 0 aliphatic carbocycles. The minimum Gasteiger partial charge on any atom is -0.288 e. The van der Waals surface area contributed by atoms with Crippen molar-refractivity contribution in [2.75, 3.05) is 18.8 Å². The van der Waals surface area contributed by atoms with Crippen LogP contribution in [0, 0.1) is 0 Å². The van der Waals surface area contributed by atoms with E-state index in [1.54, 1.807) is 6.92 Å². The van der Waals surface area contributed by atoms with Crippen molar-refractivity contribution in [3.05, 3.63) is 0 Å². The van der Waals surface area contributed by atoms with Crippen LogP contribution in [0.3, 0.4) is 0 Å². The Morgan fingerprint density at radius 2 is 2.18 bits per heavy atom. The van der Waals surface area contributed by atoms with Crippen molar-refractivity contribution in [3.63, 3.8) is 0 Å². The van der Waals surface area contributed by atoms with E-state index < -0.39 is 0 Å². The number of thioether (sulfide) groups is 1. The largest absolute Gasteiger partial charge is 0.288 e. The zero-order valence-corrected chi connectivity index (χ0v) is 9.94. The van der Waals surface area contributed by atoms with Crippen LogP contribution in [0.15, 0.2) is 0 Å². The Balaban J connectivity index is 3.16. The second-order valence-electron chi connectivity index (χ2n) is 2.25. The van der Waals surface area contributed by atoms with Gasteiger partial charge in [-0.05, 0) is 6.42 Å². The van der Waals surface area contributed by atoms with Crippen molar-refractivity contribution in [1.29, 1.82) is 0 Å². The number of rotatable bonds is 5. The molecule has 0 spiro atoms. The van der Waals surface area contributed by atoms with Crippen molar-refractivity contribution in [1.82, 2.24) is 3.11 Å². The third-order valence-electron chi connectivity index (χ3n) is 1.11. The van der Waals surface area contributed by atoms with E-state index in [0.717, 1.165) is 18.8 Å². The van der Waals surface area contributed by atoms with Gasteiger partial charge in [-0.15, -0.1) is 0 Å². The Hall–Kier alpha value is 0.710.